The zero-order valence-corrected chi connectivity index (χ0v) is 18.4. The van der Waals surface area contributed by atoms with Gasteiger partial charge in [-0.25, -0.2) is 0 Å². The second kappa shape index (κ2) is 22.7. The van der Waals surface area contributed by atoms with E-state index in [9.17, 15) is 0 Å². The lowest BCUT2D eigenvalue weighted by atomic mass is 10.0. The van der Waals surface area contributed by atoms with Crippen molar-refractivity contribution in [2.75, 3.05) is 4.43 Å². The van der Waals surface area contributed by atoms with E-state index in [4.69, 9.17) is 0 Å². The minimum atomic E-state index is 1.34. The Bertz CT molecular complexity index is 170. The van der Waals surface area contributed by atoms with Gasteiger partial charge in [-0.15, -0.1) is 0 Å². The summed E-state index contributed by atoms with van der Waals surface area (Å²) in [4.78, 5) is 0. The summed E-state index contributed by atoms with van der Waals surface area (Å²) < 4.78 is 1.34. The summed E-state index contributed by atoms with van der Waals surface area (Å²) in [7, 11) is 0. The highest BCUT2D eigenvalue weighted by Crippen LogP contribution is 2.14. The Labute approximate surface area is 162 Å². The molecule has 0 heterocycles. The largest absolute Gasteiger partial charge is 0.0864 e. The molecule has 0 aliphatic rings. The van der Waals surface area contributed by atoms with Crippen LogP contribution in [0.15, 0.2) is 0 Å². The van der Waals surface area contributed by atoms with Crippen molar-refractivity contribution in [2.45, 2.75) is 135 Å². The maximum absolute atomic E-state index is 2.49. The van der Waals surface area contributed by atoms with Gasteiger partial charge in [0.2, 0.25) is 0 Å². The SMILES string of the molecule is CCCCCCCCCCCCCCCCCCCCCCI. The molecule has 0 fully saturated rings. The van der Waals surface area contributed by atoms with Crippen LogP contribution in [0.5, 0.6) is 0 Å². The highest BCUT2D eigenvalue weighted by molar-refractivity contribution is 14.1. The molecule has 0 radical (unpaired) electrons. The lowest BCUT2D eigenvalue weighted by molar-refractivity contribution is 0.523. The maximum atomic E-state index is 2.49. The Morgan fingerprint density at radius 3 is 0.783 bits per heavy atom. The van der Waals surface area contributed by atoms with Crippen LogP contribution in [0.3, 0.4) is 0 Å². The molecule has 23 heavy (non-hydrogen) atoms. The maximum Gasteiger partial charge on any atom is -0.000473 e. The summed E-state index contributed by atoms with van der Waals surface area (Å²) in [6, 6.07) is 0. The van der Waals surface area contributed by atoms with Gasteiger partial charge in [-0.05, 0) is 10.8 Å². The van der Waals surface area contributed by atoms with Gasteiger partial charge >= 0.3 is 0 Å². The molecule has 0 rings (SSSR count). The van der Waals surface area contributed by atoms with Crippen molar-refractivity contribution in [3.05, 3.63) is 0 Å². The van der Waals surface area contributed by atoms with Crippen molar-refractivity contribution in [3.8, 4) is 0 Å². The van der Waals surface area contributed by atoms with Gasteiger partial charge in [-0.2, -0.15) is 0 Å². The molecule has 0 spiro atoms. The average Bonchev–Trinajstić information content (AvgIpc) is 2.57. The molecule has 0 bridgehead atoms. The quantitative estimate of drug-likeness (QED) is 0.101. The molecule has 0 unspecified atom stereocenters. The monoisotopic (exact) mass is 436 g/mol. The number of halogens is 1. The summed E-state index contributed by atoms with van der Waals surface area (Å²) in [6.45, 7) is 2.30. The molecule has 140 valence electrons. The molecule has 0 saturated heterocycles. The van der Waals surface area contributed by atoms with Crippen LogP contribution in [0.25, 0.3) is 0 Å². The fourth-order valence-corrected chi connectivity index (χ4v) is 3.89. The third kappa shape index (κ3) is 22.7. The summed E-state index contributed by atoms with van der Waals surface area (Å²) in [5, 5.41) is 0. The van der Waals surface area contributed by atoms with E-state index in [1.165, 1.54) is 133 Å². The molecule has 0 amide bonds. The first-order chi connectivity index (χ1) is 11.4. The van der Waals surface area contributed by atoms with Crippen LogP contribution in [0.4, 0.5) is 0 Å². The number of alkyl halides is 1. The van der Waals surface area contributed by atoms with Gasteiger partial charge in [0.15, 0.2) is 0 Å². The Morgan fingerprint density at radius 1 is 0.348 bits per heavy atom. The highest BCUT2D eigenvalue weighted by Gasteiger charge is 1.95. The topological polar surface area (TPSA) is 0 Å². The Kier molecular flexibility index (Phi) is 23.5. The van der Waals surface area contributed by atoms with E-state index in [0.29, 0.717) is 0 Å². The summed E-state index contributed by atoms with van der Waals surface area (Å²) >= 11 is 2.49. The molecule has 0 N–H and O–H groups in total. The zero-order valence-electron chi connectivity index (χ0n) is 16.2. The Balaban J connectivity index is 2.92. The second-order valence-electron chi connectivity index (χ2n) is 7.41. The molecular formula is C22H45I. The molecule has 0 aromatic rings. The number of unbranched alkanes of at least 4 members (excludes halogenated alkanes) is 19. The van der Waals surface area contributed by atoms with E-state index in [1.807, 2.05) is 0 Å². The van der Waals surface area contributed by atoms with Gasteiger partial charge in [0, 0.05) is 0 Å². The van der Waals surface area contributed by atoms with Crippen molar-refractivity contribution in [1.82, 2.24) is 0 Å². The summed E-state index contributed by atoms with van der Waals surface area (Å²) in [6.07, 6.45) is 29.5. The van der Waals surface area contributed by atoms with Crippen LogP contribution in [0.1, 0.15) is 135 Å². The van der Waals surface area contributed by atoms with Crippen molar-refractivity contribution < 1.29 is 0 Å². The standard InChI is InChI=1S/C22H45I/c1-2-3-4-5-6-7-8-9-10-11-12-13-14-15-16-17-18-19-20-21-22-23/h2-22H2,1H3. The van der Waals surface area contributed by atoms with E-state index < -0.39 is 0 Å². The lowest BCUT2D eigenvalue weighted by Crippen LogP contribution is -1.84. The molecule has 0 nitrogen and oxygen atoms in total. The molecule has 0 aliphatic carbocycles. The summed E-state index contributed by atoms with van der Waals surface area (Å²) in [5.74, 6) is 0. The first-order valence-electron chi connectivity index (χ1n) is 11.0. The minimum absolute atomic E-state index is 1.34. The average molecular weight is 437 g/mol. The van der Waals surface area contributed by atoms with E-state index >= 15 is 0 Å². The van der Waals surface area contributed by atoms with Crippen LogP contribution >= 0.6 is 22.6 Å². The van der Waals surface area contributed by atoms with Gasteiger partial charge in [-0.1, -0.05) is 152 Å². The van der Waals surface area contributed by atoms with Gasteiger partial charge in [0.05, 0.1) is 0 Å². The van der Waals surface area contributed by atoms with Gasteiger partial charge < -0.3 is 0 Å². The molecular weight excluding hydrogens is 391 g/mol. The molecule has 0 aromatic heterocycles. The van der Waals surface area contributed by atoms with Crippen LogP contribution in [-0.2, 0) is 0 Å². The molecule has 0 saturated carbocycles. The Hall–Kier alpha value is 0.730. The van der Waals surface area contributed by atoms with E-state index in [0.717, 1.165) is 0 Å². The third-order valence-electron chi connectivity index (χ3n) is 4.99. The van der Waals surface area contributed by atoms with Crippen LogP contribution < -0.4 is 0 Å². The highest BCUT2D eigenvalue weighted by atomic mass is 127. The fraction of sp³-hybridized carbons (Fsp3) is 1.00. The van der Waals surface area contributed by atoms with Crippen molar-refractivity contribution in [1.29, 1.82) is 0 Å². The first kappa shape index (κ1) is 23.7. The van der Waals surface area contributed by atoms with Crippen molar-refractivity contribution in [3.63, 3.8) is 0 Å². The predicted molar refractivity (Wildman–Crippen MR) is 117 cm³/mol. The lowest BCUT2D eigenvalue weighted by Gasteiger charge is -2.03. The summed E-state index contributed by atoms with van der Waals surface area (Å²) in [5.41, 5.74) is 0. The fourth-order valence-electron chi connectivity index (χ4n) is 3.35. The van der Waals surface area contributed by atoms with Crippen molar-refractivity contribution >= 4 is 22.6 Å². The van der Waals surface area contributed by atoms with E-state index in [2.05, 4.69) is 29.5 Å². The first-order valence-corrected chi connectivity index (χ1v) is 12.5. The minimum Gasteiger partial charge on any atom is -0.0864 e. The van der Waals surface area contributed by atoms with Gasteiger partial charge in [-0.3, -0.25) is 0 Å². The second-order valence-corrected chi connectivity index (χ2v) is 8.49. The molecule has 0 aromatic carbocycles. The smallest absolute Gasteiger partial charge is 0.000473 e. The number of hydrogen-bond donors (Lipinski definition) is 0. The van der Waals surface area contributed by atoms with Gasteiger partial charge in [0.25, 0.3) is 0 Å². The van der Waals surface area contributed by atoms with E-state index in [-0.39, 0.29) is 0 Å². The Morgan fingerprint density at radius 2 is 0.565 bits per heavy atom. The zero-order chi connectivity index (χ0) is 16.8. The predicted octanol–water partition coefficient (Wildman–Crippen LogP) is 9.24. The van der Waals surface area contributed by atoms with E-state index in [1.54, 1.807) is 0 Å². The van der Waals surface area contributed by atoms with Crippen molar-refractivity contribution in [2.24, 2.45) is 0 Å². The molecule has 1 heteroatoms. The van der Waals surface area contributed by atoms with Gasteiger partial charge in [0.1, 0.15) is 0 Å². The molecule has 0 aliphatic heterocycles. The number of hydrogen-bond acceptors (Lipinski definition) is 0. The van der Waals surface area contributed by atoms with Crippen LogP contribution in [-0.4, -0.2) is 4.43 Å². The van der Waals surface area contributed by atoms with Crippen LogP contribution in [0.2, 0.25) is 0 Å². The van der Waals surface area contributed by atoms with Crippen LogP contribution in [0, 0.1) is 0 Å². The normalized spacial score (nSPS) is 11.2. The third-order valence-corrected chi connectivity index (χ3v) is 5.75. The number of rotatable bonds is 20. The molecule has 0 atom stereocenters.